The standard InChI is InChI=1S/C11H4BrClF3O2/c12-7-2-5-1-6(4-17)10(11(14,15)16)18-9(5)8(13)3-7/h1-3,10H. The van der Waals surface area contributed by atoms with Crippen LogP contribution in [0.2, 0.25) is 5.02 Å². The number of fused-ring (bicyclic) bond motifs is 1. The summed E-state index contributed by atoms with van der Waals surface area (Å²) in [6.07, 6.45) is -4.71. The van der Waals surface area contributed by atoms with E-state index in [-0.39, 0.29) is 10.8 Å². The molecule has 1 heterocycles. The van der Waals surface area contributed by atoms with Gasteiger partial charge in [-0.25, -0.2) is 0 Å². The van der Waals surface area contributed by atoms with Crippen LogP contribution < -0.4 is 4.74 Å². The van der Waals surface area contributed by atoms with Crippen LogP contribution in [0.5, 0.6) is 5.75 Å². The van der Waals surface area contributed by atoms with Crippen LogP contribution >= 0.6 is 27.5 Å². The van der Waals surface area contributed by atoms with Gasteiger partial charge in [0.05, 0.1) is 10.6 Å². The number of halogens is 5. The van der Waals surface area contributed by atoms with Crippen molar-refractivity contribution in [2.24, 2.45) is 0 Å². The SMILES string of the molecule is O=[C]C1=Cc2cc(Br)cc(Cl)c2OC1C(F)(F)F. The molecule has 0 aromatic heterocycles. The second-order valence-electron chi connectivity index (χ2n) is 3.55. The fourth-order valence-electron chi connectivity index (χ4n) is 1.56. The minimum atomic E-state index is -4.70. The quantitative estimate of drug-likeness (QED) is 0.774. The summed E-state index contributed by atoms with van der Waals surface area (Å²) < 4.78 is 43.4. The van der Waals surface area contributed by atoms with Gasteiger partial charge in [0, 0.05) is 10.0 Å². The summed E-state index contributed by atoms with van der Waals surface area (Å²) in [5.74, 6) is -0.0961. The Labute approximate surface area is 114 Å². The van der Waals surface area contributed by atoms with Crippen molar-refractivity contribution < 1.29 is 22.7 Å². The lowest BCUT2D eigenvalue weighted by atomic mass is 10.0. The van der Waals surface area contributed by atoms with Gasteiger partial charge >= 0.3 is 6.18 Å². The van der Waals surface area contributed by atoms with Gasteiger partial charge in [0.1, 0.15) is 5.75 Å². The average Bonchev–Trinajstić information content (AvgIpc) is 2.25. The number of rotatable bonds is 1. The molecular formula is C11H4BrClF3O2. The maximum Gasteiger partial charge on any atom is 0.429 e. The van der Waals surface area contributed by atoms with Crippen molar-refractivity contribution in [1.29, 1.82) is 0 Å². The van der Waals surface area contributed by atoms with Crippen LogP contribution in [0.4, 0.5) is 13.2 Å². The van der Waals surface area contributed by atoms with Crippen LogP contribution in [0.1, 0.15) is 5.56 Å². The molecule has 1 unspecified atom stereocenters. The van der Waals surface area contributed by atoms with Crippen molar-refractivity contribution in [1.82, 2.24) is 0 Å². The smallest absolute Gasteiger partial charge is 0.429 e. The van der Waals surface area contributed by atoms with Gasteiger partial charge in [-0.2, -0.15) is 13.2 Å². The minimum Gasteiger partial charge on any atom is -0.474 e. The summed E-state index contributed by atoms with van der Waals surface area (Å²) in [5.41, 5.74) is -0.308. The van der Waals surface area contributed by atoms with Gasteiger partial charge in [-0.3, -0.25) is 4.79 Å². The minimum absolute atomic E-state index is 0.0369. The van der Waals surface area contributed by atoms with E-state index in [1.807, 2.05) is 0 Å². The van der Waals surface area contributed by atoms with E-state index in [9.17, 15) is 18.0 Å². The second kappa shape index (κ2) is 4.59. The molecule has 1 radical (unpaired) electrons. The van der Waals surface area contributed by atoms with Crippen LogP contribution in [0.3, 0.4) is 0 Å². The molecule has 0 aliphatic carbocycles. The fourth-order valence-corrected chi connectivity index (χ4v) is 2.44. The predicted octanol–water partition coefficient (Wildman–Crippen LogP) is 3.92. The number of hydrogen-bond acceptors (Lipinski definition) is 2. The Kier molecular flexibility index (Phi) is 3.42. The van der Waals surface area contributed by atoms with Gasteiger partial charge in [0.2, 0.25) is 12.4 Å². The molecule has 0 bridgehead atoms. The number of hydrogen-bond donors (Lipinski definition) is 0. The molecule has 2 rings (SSSR count). The molecule has 7 heteroatoms. The number of ether oxygens (including phenoxy) is 1. The third-order valence-electron chi connectivity index (χ3n) is 2.28. The first-order valence-corrected chi connectivity index (χ1v) is 5.82. The van der Waals surface area contributed by atoms with Gasteiger partial charge in [0.15, 0.2) is 0 Å². The van der Waals surface area contributed by atoms with Crippen molar-refractivity contribution in [3.63, 3.8) is 0 Å². The number of alkyl halides is 3. The molecule has 0 N–H and O–H groups in total. The lowest BCUT2D eigenvalue weighted by Gasteiger charge is -2.26. The maximum absolute atomic E-state index is 12.7. The Bertz CT molecular complexity index is 540. The van der Waals surface area contributed by atoms with Gasteiger partial charge in [0.25, 0.3) is 0 Å². The van der Waals surface area contributed by atoms with E-state index in [1.165, 1.54) is 18.4 Å². The van der Waals surface area contributed by atoms with Gasteiger partial charge < -0.3 is 4.74 Å². The molecule has 0 saturated heterocycles. The first-order valence-electron chi connectivity index (χ1n) is 4.65. The zero-order chi connectivity index (χ0) is 13.5. The number of carbonyl (C=O) groups excluding carboxylic acids is 1. The van der Waals surface area contributed by atoms with E-state index in [4.69, 9.17) is 16.3 Å². The van der Waals surface area contributed by atoms with E-state index in [2.05, 4.69) is 15.9 Å². The van der Waals surface area contributed by atoms with Crippen molar-refractivity contribution >= 4 is 39.9 Å². The normalized spacial score (nSPS) is 18.7. The van der Waals surface area contributed by atoms with Crippen LogP contribution in [0.15, 0.2) is 22.2 Å². The Morgan fingerprint density at radius 2 is 2.06 bits per heavy atom. The predicted molar refractivity (Wildman–Crippen MR) is 63.3 cm³/mol. The van der Waals surface area contributed by atoms with Crippen molar-refractivity contribution in [3.05, 3.63) is 32.8 Å². The maximum atomic E-state index is 12.7. The molecule has 1 aromatic rings. The highest BCUT2D eigenvalue weighted by atomic mass is 79.9. The molecule has 1 aliphatic heterocycles. The summed E-state index contributed by atoms with van der Waals surface area (Å²) in [6, 6.07) is 2.92. The Morgan fingerprint density at radius 3 is 2.61 bits per heavy atom. The molecule has 18 heavy (non-hydrogen) atoms. The molecule has 1 atom stereocenters. The summed E-state index contributed by atoms with van der Waals surface area (Å²) in [6.45, 7) is 0. The lowest BCUT2D eigenvalue weighted by molar-refractivity contribution is -0.182. The van der Waals surface area contributed by atoms with E-state index in [1.54, 1.807) is 0 Å². The molecule has 0 fully saturated rings. The molecule has 0 saturated carbocycles. The monoisotopic (exact) mass is 339 g/mol. The lowest BCUT2D eigenvalue weighted by Crippen LogP contribution is -2.38. The third kappa shape index (κ3) is 2.40. The Balaban J connectivity index is 2.57. The molecule has 2 nitrogen and oxygen atoms in total. The zero-order valence-corrected chi connectivity index (χ0v) is 10.9. The molecule has 0 spiro atoms. The molecule has 1 aliphatic rings. The van der Waals surface area contributed by atoms with Crippen LogP contribution in [-0.4, -0.2) is 18.6 Å². The summed E-state index contributed by atoms with van der Waals surface area (Å²) >= 11 is 8.95. The van der Waals surface area contributed by atoms with E-state index >= 15 is 0 Å². The summed E-state index contributed by atoms with van der Waals surface area (Å²) in [7, 11) is 0. The van der Waals surface area contributed by atoms with Crippen molar-refractivity contribution in [2.45, 2.75) is 12.3 Å². The highest BCUT2D eigenvalue weighted by Crippen LogP contribution is 2.41. The average molecular weight is 341 g/mol. The van der Waals surface area contributed by atoms with Gasteiger partial charge in [-0.15, -0.1) is 0 Å². The first kappa shape index (κ1) is 13.4. The van der Waals surface area contributed by atoms with E-state index < -0.39 is 17.9 Å². The zero-order valence-electron chi connectivity index (χ0n) is 8.52. The molecular weight excluding hydrogens is 336 g/mol. The molecule has 0 amide bonds. The van der Waals surface area contributed by atoms with E-state index in [0.717, 1.165) is 6.08 Å². The largest absolute Gasteiger partial charge is 0.474 e. The molecule has 95 valence electrons. The summed E-state index contributed by atoms with van der Waals surface area (Å²) in [4.78, 5) is 10.6. The summed E-state index contributed by atoms with van der Waals surface area (Å²) in [5, 5.41) is 0.0369. The second-order valence-corrected chi connectivity index (χ2v) is 4.87. The highest BCUT2D eigenvalue weighted by Gasteiger charge is 2.46. The van der Waals surface area contributed by atoms with Gasteiger partial charge in [-0.1, -0.05) is 27.5 Å². The van der Waals surface area contributed by atoms with Crippen LogP contribution in [0.25, 0.3) is 6.08 Å². The Hall–Kier alpha value is -1.01. The van der Waals surface area contributed by atoms with Gasteiger partial charge in [-0.05, 0) is 18.2 Å². The topological polar surface area (TPSA) is 26.3 Å². The Morgan fingerprint density at radius 1 is 1.39 bits per heavy atom. The third-order valence-corrected chi connectivity index (χ3v) is 3.02. The first-order chi connectivity index (χ1) is 8.32. The van der Waals surface area contributed by atoms with Crippen molar-refractivity contribution in [3.8, 4) is 5.75 Å². The fraction of sp³-hybridized carbons (Fsp3) is 0.182. The van der Waals surface area contributed by atoms with Crippen LogP contribution in [-0.2, 0) is 4.79 Å². The van der Waals surface area contributed by atoms with E-state index in [0.29, 0.717) is 10.0 Å². The highest BCUT2D eigenvalue weighted by molar-refractivity contribution is 9.10. The van der Waals surface area contributed by atoms with Crippen molar-refractivity contribution in [2.75, 3.05) is 0 Å². The molecule has 1 aromatic carbocycles. The number of benzene rings is 1. The van der Waals surface area contributed by atoms with Crippen LogP contribution in [0, 0.1) is 0 Å².